The molecule has 5 nitrogen and oxygen atoms in total. The number of furan rings is 1. The van der Waals surface area contributed by atoms with Gasteiger partial charge in [0.05, 0.1) is 11.3 Å². The summed E-state index contributed by atoms with van der Waals surface area (Å²) in [7, 11) is 0. The van der Waals surface area contributed by atoms with Crippen molar-refractivity contribution in [1.29, 1.82) is 0 Å². The molecule has 1 aliphatic rings. The largest absolute Gasteiger partial charge is 0.455 e. The van der Waals surface area contributed by atoms with E-state index in [4.69, 9.17) is 4.42 Å². The third-order valence-electron chi connectivity index (χ3n) is 8.04. The van der Waals surface area contributed by atoms with Gasteiger partial charge in [-0.15, -0.1) is 0 Å². The van der Waals surface area contributed by atoms with Crippen molar-refractivity contribution in [2.24, 2.45) is 0 Å². The van der Waals surface area contributed by atoms with Crippen molar-refractivity contribution in [3.8, 4) is 22.5 Å². The third-order valence-corrected chi connectivity index (χ3v) is 8.04. The molecule has 0 saturated heterocycles. The van der Waals surface area contributed by atoms with Crippen LogP contribution in [0.3, 0.4) is 0 Å². The maximum atomic E-state index is 13.6. The molecule has 1 fully saturated rings. The average molecular weight is 533 g/mol. The number of fused-ring (bicyclic) bond motifs is 1. The van der Waals surface area contributed by atoms with Gasteiger partial charge in [-0.3, -0.25) is 19.6 Å². The summed E-state index contributed by atoms with van der Waals surface area (Å²) in [5.74, 6) is 0.126. The van der Waals surface area contributed by atoms with Gasteiger partial charge in [0.25, 0.3) is 0 Å². The van der Waals surface area contributed by atoms with Gasteiger partial charge in [-0.05, 0) is 91.4 Å². The molecule has 0 atom stereocenters. The molecule has 1 aliphatic carbocycles. The molecule has 0 N–H and O–H groups in total. The average Bonchev–Trinajstić information content (AvgIpc) is 3.64. The third kappa shape index (κ3) is 4.53. The highest BCUT2D eigenvalue weighted by Gasteiger charge is 2.47. The van der Waals surface area contributed by atoms with Crippen molar-refractivity contribution >= 4 is 22.5 Å². The summed E-state index contributed by atoms with van der Waals surface area (Å²) < 4.78 is 19.7. The topological polar surface area (TPSA) is 73.1 Å². The Labute approximate surface area is 232 Å². The highest BCUT2D eigenvalue weighted by atomic mass is 19.1. The van der Waals surface area contributed by atoms with Crippen molar-refractivity contribution in [2.75, 3.05) is 0 Å². The molecule has 5 aromatic rings. The Morgan fingerprint density at radius 2 is 1.68 bits per heavy atom. The number of carbonyl (C=O) groups is 2. The van der Waals surface area contributed by atoms with Gasteiger partial charge >= 0.3 is 0 Å². The summed E-state index contributed by atoms with van der Waals surface area (Å²) >= 11 is 0. The van der Waals surface area contributed by atoms with E-state index in [0.29, 0.717) is 46.3 Å². The number of halogens is 1. The van der Waals surface area contributed by atoms with Crippen molar-refractivity contribution < 1.29 is 18.4 Å². The summed E-state index contributed by atoms with van der Waals surface area (Å²) in [6, 6.07) is 15.8. The Balaban J connectivity index is 1.41. The molecule has 0 bridgehead atoms. The van der Waals surface area contributed by atoms with Gasteiger partial charge in [0, 0.05) is 53.4 Å². The second-order valence-electron chi connectivity index (χ2n) is 10.8. The van der Waals surface area contributed by atoms with E-state index in [0.717, 1.165) is 40.8 Å². The van der Waals surface area contributed by atoms with Crippen LogP contribution in [-0.2, 0) is 5.41 Å². The number of nitrogens with zero attached hydrogens (tertiary/aromatic N) is 2. The first-order valence-corrected chi connectivity index (χ1v) is 13.6. The van der Waals surface area contributed by atoms with Gasteiger partial charge in [0.2, 0.25) is 0 Å². The lowest BCUT2D eigenvalue weighted by Crippen LogP contribution is -2.16. The maximum Gasteiger partial charge on any atom is 0.167 e. The highest BCUT2D eigenvalue weighted by molar-refractivity contribution is 6.13. The van der Waals surface area contributed by atoms with E-state index in [1.54, 1.807) is 30.7 Å². The Hall–Kier alpha value is -4.45. The highest BCUT2D eigenvalue weighted by Crippen LogP contribution is 2.50. The molecule has 3 aromatic carbocycles. The van der Waals surface area contributed by atoms with Crippen LogP contribution in [0, 0.1) is 19.7 Å². The summed E-state index contributed by atoms with van der Waals surface area (Å²) in [4.78, 5) is 35.4. The first-order chi connectivity index (χ1) is 19.3. The Bertz CT molecular complexity index is 1770. The fourth-order valence-corrected chi connectivity index (χ4v) is 5.64. The molecule has 0 amide bonds. The van der Waals surface area contributed by atoms with Crippen LogP contribution in [0.5, 0.6) is 0 Å². The lowest BCUT2D eigenvalue weighted by molar-refractivity contribution is 0.0965. The molecule has 6 heteroatoms. The summed E-state index contributed by atoms with van der Waals surface area (Å²) in [6.45, 7) is 5.81. The van der Waals surface area contributed by atoms with Crippen LogP contribution in [0.1, 0.15) is 70.1 Å². The first kappa shape index (κ1) is 25.8. The predicted molar refractivity (Wildman–Crippen MR) is 153 cm³/mol. The number of hydrogen-bond donors (Lipinski definition) is 0. The van der Waals surface area contributed by atoms with E-state index in [-0.39, 0.29) is 22.8 Å². The predicted octanol–water partition coefficient (Wildman–Crippen LogP) is 8.21. The van der Waals surface area contributed by atoms with Gasteiger partial charge in [-0.2, -0.15) is 0 Å². The van der Waals surface area contributed by atoms with Gasteiger partial charge in [0.1, 0.15) is 17.2 Å². The van der Waals surface area contributed by atoms with Gasteiger partial charge in [-0.25, -0.2) is 4.39 Å². The van der Waals surface area contributed by atoms with Gasteiger partial charge in [-0.1, -0.05) is 19.1 Å². The smallest absolute Gasteiger partial charge is 0.167 e. The number of carbonyl (C=O) groups excluding carboxylic acids is 2. The zero-order valence-electron chi connectivity index (χ0n) is 22.8. The van der Waals surface area contributed by atoms with E-state index in [1.165, 1.54) is 12.1 Å². The van der Waals surface area contributed by atoms with E-state index >= 15 is 0 Å². The first-order valence-electron chi connectivity index (χ1n) is 13.6. The van der Waals surface area contributed by atoms with E-state index in [2.05, 4.69) is 9.97 Å². The van der Waals surface area contributed by atoms with Crippen LogP contribution in [-0.4, -0.2) is 21.5 Å². The SMILES string of the molecule is CCC(=O)c1c(-c2ccc(F)cc2)oc2ccc(-c3cc(C(=O)CC4(c5cnccn5)CC4)c(C)cc3C)cc12. The fourth-order valence-electron chi connectivity index (χ4n) is 5.64. The normalized spacial score (nSPS) is 13.9. The molecule has 1 saturated carbocycles. The van der Waals surface area contributed by atoms with Gasteiger partial charge < -0.3 is 4.42 Å². The zero-order valence-corrected chi connectivity index (χ0v) is 22.8. The van der Waals surface area contributed by atoms with Gasteiger partial charge in [0.15, 0.2) is 11.6 Å². The minimum absolute atomic E-state index is 0.0505. The molecular weight excluding hydrogens is 503 g/mol. The van der Waals surface area contributed by atoms with Crippen molar-refractivity contribution in [3.63, 3.8) is 0 Å². The lowest BCUT2D eigenvalue weighted by atomic mass is 9.88. The summed E-state index contributed by atoms with van der Waals surface area (Å²) in [5, 5.41) is 0.705. The van der Waals surface area contributed by atoms with Crippen molar-refractivity contribution in [3.05, 3.63) is 107 Å². The Kier molecular flexibility index (Phi) is 6.41. The lowest BCUT2D eigenvalue weighted by Gasteiger charge is -2.16. The minimum Gasteiger partial charge on any atom is -0.455 e. The van der Waals surface area contributed by atoms with E-state index < -0.39 is 0 Å². The van der Waals surface area contributed by atoms with Crippen LogP contribution < -0.4 is 0 Å². The standard InChI is InChI=1S/C34H29FN2O3/c1-4-28(38)32-27-16-23(7-10-30(27)40-33(32)22-5-8-24(35)9-6-22)25-17-26(21(3)15-20(25)2)29(39)18-34(11-12-34)31-19-36-13-14-37-31/h5-10,13-17,19H,4,11-12,18H2,1-3H3. The molecule has 0 aliphatic heterocycles. The fraction of sp³-hybridized carbons (Fsp3) is 0.235. The molecule has 200 valence electrons. The molecule has 0 spiro atoms. The van der Waals surface area contributed by atoms with Crippen LogP contribution in [0.2, 0.25) is 0 Å². The van der Waals surface area contributed by atoms with E-state index in [9.17, 15) is 14.0 Å². The minimum atomic E-state index is -0.352. The van der Waals surface area contributed by atoms with Crippen molar-refractivity contribution in [1.82, 2.24) is 9.97 Å². The number of hydrogen-bond acceptors (Lipinski definition) is 5. The second-order valence-corrected chi connectivity index (χ2v) is 10.8. The monoisotopic (exact) mass is 532 g/mol. The molecular formula is C34H29FN2O3. The molecule has 2 aromatic heterocycles. The quantitative estimate of drug-likeness (QED) is 0.188. The number of Topliss-reactive ketones (excluding diaryl/α,β-unsaturated/α-hetero) is 2. The molecule has 0 unspecified atom stereocenters. The van der Waals surface area contributed by atoms with E-state index in [1.807, 2.05) is 51.1 Å². The number of benzene rings is 3. The second kappa shape index (κ2) is 9.94. The van der Waals surface area contributed by atoms with Crippen LogP contribution in [0.15, 0.2) is 77.6 Å². The van der Waals surface area contributed by atoms with Crippen LogP contribution >= 0.6 is 0 Å². The molecule has 2 heterocycles. The number of aromatic nitrogens is 2. The summed E-state index contributed by atoms with van der Waals surface area (Å²) in [6.07, 6.45) is 7.66. The van der Waals surface area contributed by atoms with Crippen LogP contribution in [0.4, 0.5) is 4.39 Å². The number of ketones is 2. The number of aryl methyl sites for hydroxylation is 2. The van der Waals surface area contributed by atoms with Crippen LogP contribution in [0.25, 0.3) is 33.4 Å². The maximum absolute atomic E-state index is 13.6. The Morgan fingerprint density at radius 3 is 2.35 bits per heavy atom. The molecule has 0 radical (unpaired) electrons. The number of rotatable bonds is 8. The summed E-state index contributed by atoms with van der Waals surface area (Å²) in [5.41, 5.74) is 6.86. The molecule has 40 heavy (non-hydrogen) atoms. The Morgan fingerprint density at radius 1 is 0.925 bits per heavy atom. The zero-order chi connectivity index (χ0) is 28.0. The molecule has 6 rings (SSSR count). The van der Waals surface area contributed by atoms with Crippen molar-refractivity contribution in [2.45, 2.75) is 51.9 Å².